The van der Waals surface area contributed by atoms with Gasteiger partial charge in [0.2, 0.25) is 10.0 Å². The maximum atomic E-state index is 11.9. The van der Waals surface area contributed by atoms with Crippen LogP contribution in [0, 0.1) is 0 Å². The number of carboxylic acids is 1. The molecule has 2 aromatic heterocycles. The van der Waals surface area contributed by atoms with Crippen LogP contribution < -0.4 is 4.72 Å². The highest BCUT2D eigenvalue weighted by Gasteiger charge is 2.18. The summed E-state index contributed by atoms with van der Waals surface area (Å²) in [4.78, 5) is 10.7. The van der Waals surface area contributed by atoms with E-state index in [2.05, 4.69) is 4.72 Å². The molecule has 0 amide bonds. The predicted octanol–water partition coefficient (Wildman–Crippen LogP) is 1.56. The molecule has 0 radical (unpaired) electrons. The van der Waals surface area contributed by atoms with Crippen LogP contribution in [0.5, 0.6) is 0 Å². The molecule has 0 bridgehead atoms. The Hall–Kier alpha value is -1.64. The van der Waals surface area contributed by atoms with Crippen molar-refractivity contribution in [3.8, 4) is 0 Å². The number of hydrogen-bond donors (Lipinski definition) is 2. The normalized spacial score (nSPS) is 11.6. The Balaban J connectivity index is 1.99. The van der Waals surface area contributed by atoms with Gasteiger partial charge < -0.3 is 9.52 Å². The Bertz CT molecular complexity index is 657. The maximum absolute atomic E-state index is 11.9. The average molecular weight is 301 g/mol. The second-order valence-corrected chi connectivity index (χ2v) is 6.36. The largest absolute Gasteiger partial charge is 0.477 e. The summed E-state index contributed by atoms with van der Waals surface area (Å²) in [6.07, 6.45) is 1.95. The second-order valence-electron chi connectivity index (χ2n) is 3.68. The van der Waals surface area contributed by atoms with Crippen molar-refractivity contribution in [3.63, 3.8) is 0 Å². The lowest BCUT2D eigenvalue weighted by Crippen LogP contribution is -2.25. The zero-order chi connectivity index (χ0) is 13.9. The fraction of sp³-hybridized carbons (Fsp3) is 0.182. The van der Waals surface area contributed by atoms with Crippen LogP contribution >= 0.6 is 11.3 Å². The second kappa shape index (κ2) is 5.55. The number of carbonyl (C=O) groups is 1. The number of rotatable bonds is 6. The van der Waals surface area contributed by atoms with Crippen LogP contribution in [0.4, 0.5) is 0 Å². The molecule has 2 rings (SSSR count). The van der Waals surface area contributed by atoms with Crippen molar-refractivity contribution in [2.24, 2.45) is 0 Å². The van der Waals surface area contributed by atoms with E-state index in [4.69, 9.17) is 9.52 Å². The van der Waals surface area contributed by atoms with Gasteiger partial charge in [0, 0.05) is 18.3 Å². The van der Waals surface area contributed by atoms with Gasteiger partial charge in [-0.1, -0.05) is 0 Å². The zero-order valence-electron chi connectivity index (χ0n) is 9.70. The monoisotopic (exact) mass is 301 g/mol. The third kappa shape index (κ3) is 3.43. The molecular formula is C11H11NO5S2. The van der Waals surface area contributed by atoms with Crippen molar-refractivity contribution in [1.82, 2.24) is 4.72 Å². The van der Waals surface area contributed by atoms with Gasteiger partial charge in [0.05, 0.1) is 11.2 Å². The molecule has 2 aromatic rings. The van der Waals surface area contributed by atoms with Crippen LogP contribution in [0.1, 0.15) is 15.4 Å². The summed E-state index contributed by atoms with van der Waals surface area (Å²) in [6, 6.07) is 4.62. The summed E-state index contributed by atoms with van der Waals surface area (Å²) >= 11 is 0.879. The van der Waals surface area contributed by atoms with E-state index in [0.29, 0.717) is 12.2 Å². The third-order valence-electron chi connectivity index (χ3n) is 2.34. The van der Waals surface area contributed by atoms with Gasteiger partial charge in [0.1, 0.15) is 10.6 Å². The molecule has 0 aliphatic heterocycles. The maximum Gasteiger partial charge on any atom is 0.345 e. The standard InChI is InChI=1S/C11H11NO5S2/c13-11(14)10-6-9(7-18-10)19(15,16)12-4-3-8-2-1-5-17-8/h1-2,5-7,12H,3-4H2,(H,13,14). The van der Waals surface area contributed by atoms with Crippen molar-refractivity contribution >= 4 is 27.3 Å². The molecule has 0 spiro atoms. The molecule has 2 heterocycles. The van der Waals surface area contributed by atoms with E-state index < -0.39 is 16.0 Å². The molecule has 102 valence electrons. The van der Waals surface area contributed by atoms with Gasteiger partial charge in [-0.2, -0.15) is 0 Å². The van der Waals surface area contributed by atoms with E-state index in [0.717, 1.165) is 17.4 Å². The van der Waals surface area contributed by atoms with Crippen LogP contribution in [0.2, 0.25) is 0 Å². The van der Waals surface area contributed by atoms with Crippen molar-refractivity contribution < 1.29 is 22.7 Å². The molecular weight excluding hydrogens is 290 g/mol. The molecule has 8 heteroatoms. The lowest BCUT2D eigenvalue weighted by molar-refractivity contribution is 0.0702. The van der Waals surface area contributed by atoms with Crippen molar-refractivity contribution in [2.75, 3.05) is 6.54 Å². The van der Waals surface area contributed by atoms with Gasteiger partial charge >= 0.3 is 5.97 Å². The smallest absolute Gasteiger partial charge is 0.345 e. The van der Waals surface area contributed by atoms with Crippen molar-refractivity contribution in [3.05, 3.63) is 40.5 Å². The Labute approximate surface area is 113 Å². The molecule has 0 aromatic carbocycles. The van der Waals surface area contributed by atoms with E-state index in [1.807, 2.05) is 0 Å². The van der Waals surface area contributed by atoms with E-state index in [-0.39, 0.29) is 16.3 Å². The van der Waals surface area contributed by atoms with Crippen LogP contribution in [0.3, 0.4) is 0 Å². The van der Waals surface area contributed by atoms with Gasteiger partial charge in [-0.15, -0.1) is 11.3 Å². The molecule has 0 atom stereocenters. The van der Waals surface area contributed by atoms with E-state index in [9.17, 15) is 13.2 Å². The van der Waals surface area contributed by atoms with Crippen LogP contribution in [-0.2, 0) is 16.4 Å². The summed E-state index contributed by atoms with van der Waals surface area (Å²) in [5, 5.41) is 10.1. The minimum atomic E-state index is -3.67. The van der Waals surface area contributed by atoms with Crippen molar-refractivity contribution in [1.29, 1.82) is 0 Å². The molecule has 19 heavy (non-hydrogen) atoms. The third-order valence-corrected chi connectivity index (χ3v) is 4.85. The van der Waals surface area contributed by atoms with E-state index >= 15 is 0 Å². The Morgan fingerprint density at radius 2 is 2.26 bits per heavy atom. The molecule has 0 saturated carbocycles. The predicted molar refractivity (Wildman–Crippen MR) is 68.9 cm³/mol. The van der Waals surface area contributed by atoms with Crippen LogP contribution in [-0.4, -0.2) is 26.0 Å². The minimum absolute atomic E-state index is 0.00795. The number of aromatic carboxylic acids is 1. The minimum Gasteiger partial charge on any atom is -0.477 e. The average Bonchev–Trinajstić information content (AvgIpc) is 2.99. The first-order valence-electron chi connectivity index (χ1n) is 5.33. The molecule has 0 fully saturated rings. The summed E-state index contributed by atoms with van der Waals surface area (Å²) in [6.45, 7) is 0.189. The summed E-state index contributed by atoms with van der Waals surface area (Å²) in [7, 11) is -3.67. The zero-order valence-corrected chi connectivity index (χ0v) is 11.3. The first kappa shape index (κ1) is 13.8. The number of carboxylic acid groups (broad SMARTS) is 1. The molecule has 0 aliphatic carbocycles. The molecule has 6 nitrogen and oxygen atoms in total. The van der Waals surface area contributed by atoms with Gasteiger partial charge in [-0.25, -0.2) is 17.9 Å². The summed E-state index contributed by atoms with van der Waals surface area (Å²) in [5.41, 5.74) is 0. The van der Waals surface area contributed by atoms with E-state index in [1.54, 1.807) is 12.1 Å². The van der Waals surface area contributed by atoms with Crippen molar-refractivity contribution in [2.45, 2.75) is 11.3 Å². The molecule has 0 saturated heterocycles. The van der Waals surface area contributed by atoms with Crippen LogP contribution in [0.15, 0.2) is 39.2 Å². The SMILES string of the molecule is O=C(O)c1cc(S(=O)(=O)NCCc2ccco2)cs1. The summed E-state index contributed by atoms with van der Waals surface area (Å²) in [5.74, 6) is -0.457. The number of hydrogen-bond acceptors (Lipinski definition) is 5. The summed E-state index contributed by atoms with van der Waals surface area (Å²) < 4.78 is 31.2. The highest BCUT2D eigenvalue weighted by Crippen LogP contribution is 2.19. The topological polar surface area (TPSA) is 96.6 Å². The molecule has 0 unspecified atom stereocenters. The highest BCUT2D eigenvalue weighted by atomic mass is 32.2. The van der Waals surface area contributed by atoms with Gasteiger partial charge in [0.25, 0.3) is 0 Å². The van der Waals surface area contributed by atoms with Gasteiger partial charge in [-0.05, 0) is 18.2 Å². The lowest BCUT2D eigenvalue weighted by Gasteiger charge is -2.03. The fourth-order valence-corrected chi connectivity index (χ4v) is 3.56. The fourth-order valence-electron chi connectivity index (χ4n) is 1.42. The lowest BCUT2D eigenvalue weighted by atomic mass is 10.3. The Morgan fingerprint density at radius 1 is 1.47 bits per heavy atom. The van der Waals surface area contributed by atoms with E-state index in [1.165, 1.54) is 11.6 Å². The highest BCUT2D eigenvalue weighted by molar-refractivity contribution is 7.89. The number of thiophene rings is 1. The first-order valence-corrected chi connectivity index (χ1v) is 7.69. The molecule has 2 N–H and O–H groups in total. The quantitative estimate of drug-likeness (QED) is 0.844. The molecule has 0 aliphatic rings. The first-order chi connectivity index (χ1) is 8.99. The number of nitrogens with one attached hydrogen (secondary N) is 1. The number of furan rings is 1. The van der Waals surface area contributed by atoms with Gasteiger partial charge in [0.15, 0.2) is 0 Å². The van der Waals surface area contributed by atoms with Crippen LogP contribution in [0.25, 0.3) is 0 Å². The Morgan fingerprint density at radius 3 is 2.84 bits per heavy atom. The number of sulfonamides is 1. The van der Waals surface area contributed by atoms with Gasteiger partial charge in [-0.3, -0.25) is 0 Å². The Kier molecular flexibility index (Phi) is 4.03.